The molecule has 0 spiro atoms. The van der Waals surface area contributed by atoms with E-state index in [9.17, 15) is 13.2 Å². The molecule has 0 fully saturated rings. The third-order valence-corrected chi connectivity index (χ3v) is 2.45. The van der Waals surface area contributed by atoms with Crippen molar-refractivity contribution >= 4 is 11.2 Å². The van der Waals surface area contributed by atoms with Crippen molar-refractivity contribution in [3.63, 3.8) is 0 Å². The Kier molecular flexibility index (Phi) is 2.41. The van der Waals surface area contributed by atoms with Crippen LogP contribution >= 0.6 is 0 Å². The molecule has 0 amide bonds. The monoisotopic (exact) mass is 243 g/mol. The van der Waals surface area contributed by atoms with E-state index in [4.69, 9.17) is 0 Å². The van der Waals surface area contributed by atoms with Crippen LogP contribution in [0.1, 0.15) is 32.0 Å². The van der Waals surface area contributed by atoms with Gasteiger partial charge in [0.05, 0.1) is 11.9 Å². The Labute approximate surface area is 96.1 Å². The zero-order valence-electron chi connectivity index (χ0n) is 9.68. The van der Waals surface area contributed by atoms with Crippen molar-refractivity contribution in [2.75, 3.05) is 0 Å². The van der Waals surface area contributed by atoms with Gasteiger partial charge < -0.3 is 4.98 Å². The van der Waals surface area contributed by atoms with Crippen molar-refractivity contribution in [2.24, 2.45) is 0 Å². The molecule has 0 unspecified atom stereocenters. The van der Waals surface area contributed by atoms with Crippen LogP contribution in [0.25, 0.3) is 11.2 Å². The largest absolute Gasteiger partial charge is 0.420 e. The van der Waals surface area contributed by atoms with Gasteiger partial charge in [-0.1, -0.05) is 20.8 Å². The van der Waals surface area contributed by atoms with Gasteiger partial charge in [-0.15, -0.1) is 0 Å². The summed E-state index contributed by atoms with van der Waals surface area (Å²) in [6.07, 6.45) is -2.01. The maximum absolute atomic E-state index is 12.7. The molecule has 0 saturated heterocycles. The van der Waals surface area contributed by atoms with E-state index in [0.717, 1.165) is 6.20 Å². The van der Waals surface area contributed by atoms with Gasteiger partial charge >= 0.3 is 6.18 Å². The summed E-state index contributed by atoms with van der Waals surface area (Å²) >= 11 is 0. The second-order valence-corrected chi connectivity index (χ2v) is 4.90. The van der Waals surface area contributed by atoms with Crippen LogP contribution in [0.5, 0.6) is 0 Å². The van der Waals surface area contributed by atoms with Crippen LogP contribution < -0.4 is 0 Å². The van der Waals surface area contributed by atoms with Gasteiger partial charge in [-0.05, 0) is 0 Å². The molecule has 0 aliphatic heterocycles. The molecule has 0 aliphatic carbocycles. The molecule has 17 heavy (non-hydrogen) atoms. The van der Waals surface area contributed by atoms with E-state index >= 15 is 0 Å². The van der Waals surface area contributed by atoms with Crippen molar-refractivity contribution in [3.05, 3.63) is 23.7 Å². The molecule has 1 N–H and O–H groups in total. The Morgan fingerprint density at radius 1 is 1.18 bits per heavy atom. The van der Waals surface area contributed by atoms with Crippen molar-refractivity contribution < 1.29 is 13.2 Å². The lowest BCUT2D eigenvalue weighted by Gasteiger charge is -2.17. The summed E-state index contributed by atoms with van der Waals surface area (Å²) in [7, 11) is 0. The van der Waals surface area contributed by atoms with Gasteiger partial charge in [-0.2, -0.15) is 13.2 Å². The second kappa shape index (κ2) is 3.45. The molecule has 3 nitrogen and oxygen atoms in total. The standard InChI is InChI=1S/C11H12F3N3/c1-10(2,3)7-5-16-9-8(17-7)6(4-15-9)11(12,13)14/h4-5H,1-3H3,(H,15,16). The fraction of sp³-hybridized carbons (Fsp3) is 0.455. The summed E-state index contributed by atoms with van der Waals surface area (Å²) in [5, 5.41) is 0. The van der Waals surface area contributed by atoms with E-state index in [1.54, 1.807) is 0 Å². The topological polar surface area (TPSA) is 41.6 Å². The van der Waals surface area contributed by atoms with Crippen LogP contribution in [-0.2, 0) is 11.6 Å². The van der Waals surface area contributed by atoms with E-state index < -0.39 is 11.7 Å². The number of hydrogen-bond donors (Lipinski definition) is 1. The molecule has 2 aromatic heterocycles. The number of fused-ring (bicyclic) bond motifs is 1. The van der Waals surface area contributed by atoms with Crippen LogP contribution in [0.3, 0.4) is 0 Å². The highest BCUT2D eigenvalue weighted by atomic mass is 19.4. The molecule has 0 aliphatic rings. The predicted octanol–water partition coefficient (Wildman–Crippen LogP) is 3.27. The molecular weight excluding hydrogens is 231 g/mol. The maximum atomic E-state index is 12.7. The van der Waals surface area contributed by atoms with Crippen molar-refractivity contribution in [3.8, 4) is 0 Å². The van der Waals surface area contributed by atoms with Gasteiger partial charge in [0.1, 0.15) is 11.1 Å². The summed E-state index contributed by atoms with van der Waals surface area (Å²) in [5.74, 6) is 0. The van der Waals surface area contributed by atoms with Gasteiger partial charge in [0, 0.05) is 11.6 Å². The summed E-state index contributed by atoms with van der Waals surface area (Å²) < 4.78 is 38.1. The predicted molar refractivity (Wildman–Crippen MR) is 57.6 cm³/mol. The van der Waals surface area contributed by atoms with Crippen molar-refractivity contribution in [1.82, 2.24) is 15.0 Å². The molecule has 2 heterocycles. The Bertz CT molecular complexity index is 549. The average molecular weight is 243 g/mol. The van der Waals surface area contributed by atoms with Gasteiger partial charge in [0.15, 0.2) is 5.65 Å². The van der Waals surface area contributed by atoms with Crippen molar-refractivity contribution in [2.45, 2.75) is 32.4 Å². The number of alkyl halides is 3. The van der Waals surface area contributed by atoms with Crippen LogP contribution in [0.4, 0.5) is 13.2 Å². The molecule has 0 atom stereocenters. The van der Waals surface area contributed by atoms with Crippen LogP contribution in [-0.4, -0.2) is 15.0 Å². The SMILES string of the molecule is CC(C)(C)c1cnc2[nH]cc(C(F)(F)F)c2n1. The van der Waals surface area contributed by atoms with Gasteiger partial charge in [0.2, 0.25) is 0 Å². The first kappa shape index (κ1) is 11.9. The molecule has 92 valence electrons. The molecule has 0 saturated carbocycles. The molecule has 2 aromatic rings. The van der Waals surface area contributed by atoms with Crippen LogP contribution in [0.15, 0.2) is 12.4 Å². The van der Waals surface area contributed by atoms with E-state index in [-0.39, 0.29) is 16.6 Å². The molecule has 6 heteroatoms. The molecule has 0 radical (unpaired) electrons. The Morgan fingerprint density at radius 2 is 1.82 bits per heavy atom. The third kappa shape index (κ3) is 2.11. The van der Waals surface area contributed by atoms with Crippen LogP contribution in [0.2, 0.25) is 0 Å². The minimum absolute atomic E-state index is 0.120. The number of nitrogens with zero attached hydrogens (tertiary/aromatic N) is 2. The Morgan fingerprint density at radius 3 is 2.35 bits per heavy atom. The minimum Gasteiger partial charge on any atom is -0.344 e. The Hall–Kier alpha value is -1.59. The van der Waals surface area contributed by atoms with E-state index in [0.29, 0.717) is 5.69 Å². The zero-order valence-corrected chi connectivity index (χ0v) is 9.68. The van der Waals surface area contributed by atoms with E-state index in [1.165, 1.54) is 6.20 Å². The molecular formula is C11H12F3N3. The summed E-state index contributed by atoms with van der Waals surface area (Å²) in [4.78, 5) is 10.5. The average Bonchev–Trinajstić information content (AvgIpc) is 2.57. The second-order valence-electron chi connectivity index (χ2n) is 4.90. The van der Waals surface area contributed by atoms with Crippen molar-refractivity contribution in [1.29, 1.82) is 0 Å². The summed E-state index contributed by atoms with van der Waals surface area (Å²) in [6, 6.07) is 0. The number of halogens is 3. The number of H-pyrrole nitrogens is 1. The smallest absolute Gasteiger partial charge is 0.344 e. The van der Waals surface area contributed by atoms with Crippen LogP contribution in [0, 0.1) is 0 Å². The normalized spacial score (nSPS) is 13.3. The third-order valence-electron chi connectivity index (χ3n) is 2.45. The molecule has 2 rings (SSSR count). The number of hydrogen-bond acceptors (Lipinski definition) is 2. The number of rotatable bonds is 0. The first-order chi connectivity index (χ1) is 7.69. The number of nitrogens with one attached hydrogen (secondary N) is 1. The lowest BCUT2D eigenvalue weighted by Crippen LogP contribution is -2.14. The highest BCUT2D eigenvalue weighted by molar-refractivity contribution is 5.75. The van der Waals surface area contributed by atoms with Gasteiger partial charge in [-0.25, -0.2) is 9.97 Å². The van der Waals surface area contributed by atoms with Gasteiger partial charge in [0.25, 0.3) is 0 Å². The maximum Gasteiger partial charge on any atom is 0.420 e. The summed E-state index contributed by atoms with van der Waals surface area (Å²) in [5.41, 5.74) is -0.530. The van der Waals surface area contributed by atoms with Gasteiger partial charge in [-0.3, -0.25) is 0 Å². The highest BCUT2D eigenvalue weighted by Crippen LogP contribution is 2.34. The fourth-order valence-corrected chi connectivity index (χ4v) is 1.47. The first-order valence-electron chi connectivity index (χ1n) is 5.11. The lowest BCUT2D eigenvalue weighted by molar-refractivity contribution is -0.136. The highest BCUT2D eigenvalue weighted by Gasteiger charge is 2.35. The molecule has 0 bridgehead atoms. The fourth-order valence-electron chi connectivity index (χ4n) is 1.47. The quantitative estimate of drug-likeness (QED) is 0.771. The van der Waals surface area contributed by atoms with E-state index in [1.807, 2.05) is 20.8 Å². The minimum atomic E-state index is -4.41. The number of aromatic amines is 1. The lowest BCUT2D eigenvalue weighted by atomic mass is 9.92. The zero-order chi connectivity index (χ0) is 12.8. The Balaban J connectivity index is 2.67. The molecule has 0 aromatic carbocycles. The van der Waals surface area contributed by atoms with E-state index in [2.05, 4.69) is 15.0 Å². The number of aromatic nitrogens is 3. The first-order valence-corrected chi connectivity index (χ1v) is 5.11. The summed E-state index contributed by atoms with van der Waals surface area (Å²) in [6.45, 7) is 5.63.